The molecule has 0 amide bonds. The van der Waals surface area contributed by atoms with E-state index in [2.05, 4.69) is 45.4 Å². The van der Waals surface area contributed by atoms with Crippen LogP contribution in [0.15, 0.2) is 12.3 Å². The topological polar surface area (TPSA) is 39.1 Å². The maximum absolute atomic E-state index is 6.25. The van der Waals surface area contributed by atoms with Crippen molar-refractivity contribution in [2.75, 3.05) is 13.7 Å². The molecule has 0 spiro atoms. The van der Waals surface area contributed by atoms with E-state index in [-0.39, 0.29) is 5.60 Å². The molecule has 0 aliphatic heterocycles. The van der Waals surface area contributed by atoms with Gasteiger partial charge in [-0.05, 0) is 46.7 Å². The monoisotopic (exact) mass is 293 g/mol. The number of rotatable bonds is 7. The van der Waals surface area contributed by atoms with Crippen molar-refractivity contribution in [3.63, 3.8) is 0 Å². The summed E-state index contributed by atoms with van der Waals surface area (Å²) in [5.74, 6) is 0. The highest BCUT2D eigenvalue weighted by atomic mass is 16.5. The Morgan fingerprint density at radius 1 is 1.33 bits per heavy atom. The van der Waals surface area contributed by atoms with E-state index in [9.17, 15) is 0 Å². The number of likely N-dealkylation sites (N-methyl/N-ethyl adjacent to an activating group) is 1. The normalized spacial score (nSPS) is 19.9. The summed E-state index contributed by atoms with van der Waals surface area (Å²) in [5, 5.41) is 8.21. The highest BCUT2D eigenvalue weighted by Gasteiger charge is 2.40. The van der Waals surface area contributed by atoms with Gasteiger partial charge in [-0.25, -0.2) is 0 Å². The van der Waals surface area contributed by atoms with Crippen LogP contribution in [-0.2, 0) is 11.2 Å². The van der Waals surface area contributed by atoms with E-state index >= 15 is 0 Å². The first-order valence-corrected chi connectivity index (χ1v) is 8.46. The van der Waals surface area contributed by atoms with E-state index < -0.39 is 0 Å². The smallest absolute Gasteiger partial charge is 0.0838 e. The van der Waals surface area contributed by atoms with Crippen LogP contribution in [0.2, 0.25) is 0 Å². The van der Waals surface area contributed by atoms with E-state index in [0.29, 0.717) is 12.1 Å². The van der Waals surface area contributed by atoms with Crippen molar-refractivity contribution in [2.24, 2.45) is 0 Å². The Balaban J connectivity index is 2.12. The average Bonchev–Trinajstić information content (AvgIpc) is 2.95. The molecule has 0 saturated heterocycles. The largest absolute Gasteiger partial charge is 0.374 e. The van der Waals surface area contributed by atoms with Crippen LogP contribution in [-0.4, -0.2) is 35.1 Å². The molecule has 0 aromatic carbocycles. The molecule has 21 heavy (non-hydrogen) atoms. The number of ether oxygens (including phenoxy) is 1. The van der Waals surface area contributed by atoms with Gasteiger partial charge in [-0.2, -0.15) is 5.10 Å². The average molecular weight is 293 g/mol. The number of nitrogens with one attached hydrogen (secondary N) is 1. The maximum atomic E-state index is 6.25. The predicted molar refractivity (Wildman–Crippen MR) is 86.6 cm³/mol. The second-order valence-electron chi connectivity index (χ2n) is 6.48. The van der Waals surface area contributed by atoms with E-state index in [1.165, 1.54) is 19.3 Å². The number of hydrogen-bond donors (Lipinski definition) is 1. The number of aromatic nitrogens is 2. The summed E-state index contributed by atoms with van der Waals surface area (Å²) in [6, 6.07) is 2.91. The lowest BCUT2D eigenvalue weighted by molar-refractivity contribution is -0.0885. The third-order valence-corrected chi connectivity index (χ3v) is 4.72. The van der Waals surface area contributed by atoms with Crippen molar-refractivity contribution in [1.82, 2.24) is 15.1 Å². The van der Waals surface area contributed by atoms with Gasteiger partial charge in [0.1, 0.15) is 0 Å². The molecule has 1 aliphatic rings. The van der Waals surface area contributed by atoms with E-state index in [4.69, 9.17) is 9.84 Å². The van der Waals surface area contributed by atoms with Gasteiger partial charge in [0.25, 0.3) is 0 Å². The molecule has 4 nitrogen and oxygen atoms in total. The van der Waals surface area contributed by atoms with Gasteiger partial charge < -0.3 is 10.1 Å². The first-order valence-electron chi connectivity index (χ1n) is 8.46. The molecular formula is C17H31N3O. The van der Waals surface area contributed by atoms with Gasteiger partial charge in [0.2, 0.25) is 0 Å². The summed E-state index contributed by atoms with van der Waals surface area (Å²) in [6.07, 6.45) is 9.25. The molecule has 1 aromatic rings. The van der Waals surface area contributed by atoms with Gasteiger partial charge in [-0.15, -0.1) is 0 Å². The Morgan fingerprint density at radius 3 is 2.57 bits per heavy atom. The summed E-state index contributed by atoms with van der Waals surface area (Å²) in [7, 11) is 2.06. The van der Waals surface area contributed by atoms with Crippen molar-refractivity contribution < 1.29 is 4.74 Å². The summed E-state index contributed by atoms with van der Waals surface area (Å²) >= 11 is 0. The second kappa shape index (κ2) is 7.41. The molecule has 1 atom stereocenters. The van der Waals surface area contributed by atoms with Crippen molar-refractivity contribution in [1.29, 1.82) is 0 Å². The standard InChI is InChI=1S/C17H31N3O/c1-5-21-17(10-7-6-8-11-17)16(18-4)13-15-9-12-20(19-15)14(2)3/h9,12,14,16,18H,5-8,10-11,13H2,1-4H3. The van der Waals surface area contributed by atoms with Crippen molar-refractivity contribution in [3.8, 4) is 0 Å². The summed E-state index contributed by atoms with van der Waals surface area (Å²) in [5.41, 5.74) is 1.15. The fourth-order valence-corrected chi connectivity index (χ4v) is 3.57. The molecule has 0 radical (unpaired) electrons. The summed E-state index contributed by atoms with van der Waals surface area (Å²) in [6.45, 7) is 7.22. The third-order valence-electron chi connectivity index (χ3n) is 4.72. The quantitative estimate of drug-likeness (QED) is 0.838. The zero-order chi connectivity index (χ0) is 15.3. The lowest BCUT2D eigenvalue weighted by atomic mass is 9.77. The van der Waals surface area contributed by atoms with Crippen LogP contribution in [0.5, 0.6) is 0 Å². The molecule has 120 valence electrons. The molecule has 1 heterocycles. The van der Waals surface area contributed by atoms with Crippen LogP contribution < -0.4 is 5.32 Å². The number of hydrogen-bond acceptors (Lipinski definition) is 3. The zero-order valence-corrected chi connectivity index (χ0v) is 14.1. The lowest BCUT2D eigenvalue weighted by Gasteiger charge is -2.43. The Bertz CT molecular complexity index is 416. The summed E-state index contributed by atoms with van der Waals surface area (Å²) in [4.78, 5) is 0. The molecule has 1 saturated carbocycles. The Labute approximate surface area is 129 Å². The van der Waals surface area contributed by atoms with Crippen molar-refractivity contribution in [3.05, 3.63) is 18.0 Å². The first kappa shape index (κ1) is 16.5. The minimum atomic E-state index is -0.0106. The molecule has 1 aliphatic carbocycles. The highest BCUT2D eigenvalue weighted by molar-refractivity contribution is 5.07. The SMILES string of the molecule is CCOC1(C(Cc2ccn(C(C)C)n2)NC)CCCCC1. The second-order valence-corrected chi connectivity index (χ2v) is 6.48. The molecule has 1 aromatic heterocycles. The Hall–Kier alpha value is -0.870. The number of nitrogens with zero attached hydrogens (tertiary/aromatic N) is 2. The fourth-order valence-electron chi connectivity index (χ4n) is 3.57. The van der Waals surface area contributed by atoms with Gasteiger partial charge in [-0.3, -0.25) is 4.68 Å². The van der Waals surface area contributed by atoms with Crippen molar-refractivity contribution in [2.45, 2.75) is 77.0 Å². The van der Waals surface area contributed by atoms with Gasteiger partial charge in [0, 0.05) is 31.3 Å². The molecule has 1 fully saturated rings. The third kappa shape index (κ3) is 3.86. The van der Waals surface area contributed by atoms with Gasteiger partial charge >= 0.3 is 0 Å². The fraction of sp³-hybridized carbons (Fsp3) is 0.824. The predicted octanol–water partition coefficient (Wildman–Crippen LogP) is 3.33. The van der Waals surface area contributed by atoms with Crippen LogP contribution in [0.25, 0.3) is 0 Å². The van der Waals surface area contributed by atoms with Gasteiger partial charge in [0.15, 0.2) is 0 Å². The Kier molecular flexibility index (Phi) is 5.82. The van der Waals surface area contributed by atoms with Crippen molar-refractivity contribution >= 4 is 0 Å². The molecule has 1 unspecified atom stereocenters. The van der Waals surface area contributed by atoms with Crippen LogP contribution in [0.1, 0.15) is 64.6 Å². The lowest BCUT2D eigenvalue weighted by Crippen LogP contribution is -2.54. The Morgan fingerprint density at radius 2 is 2.05 bits per heavy atom. The van der Waals surface area contributed by atoms with E-state index in [1.54, 1.807) is 0 Å². The molecule has 0 bridgehead atoms. The summed E-state index contributed by atoms with van der Waals surface area (Å²) < 4.78 is 8.29. The van der Waals surface area contributed by atoms with Crippen LogP contribution in [0, 0.1) is 0 Å². The van der Waals surface area contributed by atoms with Crippen LogP contribution in [0.3, 0.4) is 0 Å². The molecular weight excluding hydrogens is 262 g/mol. The van der Waals surface area contributed by atoms with Crippen LogP contribution >= 0.6 is 0 Å². The van der Waals surface area contributed by atoms with Crippen LogP contribution in [0.4, 0.5) is 0 Å². The van der Waals surface area contributed by atoms with Gasteiger partial charge in [-0.1, -0.05) is 19.3 Å². The zero-order valence-electron chi connectivity index (χ0n) is 14.1. The minimum Gasteiger partial charge on any atom is -0.374 e. The minimum absolute atomic E-state index is 0.0106. The first-order chi connectivity index (χ1) is 10.1. The molecule has 2 rings (SSSR count). The van der Waals surface area contributed by atoms with E-state index in [0.717, 1.165) is 31.6 Å². The van der Waals surface area contributed by atoms with E-state index in [1.807, 2.05) is 4.68 Å². The molecule has 4 heteroatoms. The maximum Gasteiger partial charge on any atom is 0.0838 e. The van der Waals surface area contributed by atoms with Gasteiger partial charge in [0.05, 0.1) is 11.3 Å². The highest BCUT2D eigenvalue weighted by Crippen LogP contribution is 2.35. The molecule has 1 N–H and O–H groups in total.